The summed E-state index contributed by atoms with van der Waals surface area (Å²) in [7, 11) is 0. The average molecular weight is 205 g/mol. The predicted octanol–water partition coefficient (Wildman–Crippen LogP) is 1.72. The minimum atomic E-state index is -0.241. The van der Waals surface area contributed by atoms with E-state index in [2.05, 4.69) is 9.97 Å². The number of benzene rings is 1. The zero-order valence-corrected chi connectivity index (χ0v) is 8.20. The summed E-state index contributed by atoms with van der Waals surface area (Å²) in [4.78, 5) is 7.24. The first-order chi connectivity index (χ1) is 7.31. The van der Waals surface area contributed by atoms with E-state index in [9.17, 15) is 4.39 Å². The molecule has 0 saturated heterocycles. The van der Waals surface area contributed by atoms with Gasteiger partial charge in [0.15, 0.2) is 0 Å². The second-order valence-corrected chi connectivity index (χ2v) is 3.28. The second-order valence-electron chi connectivity index (χ2n) is 3.28. The van der Waals surface area contributed by atoms with Crippen molar-refractivity contribution < 1.29 is 4.39 Å². The first kappa shape index (κ1) is 9.86. The molecule has 0 radical (unpaired) electrons. The van der Waals surface area contributed by atoms with Crippen LogP contribution in [0, 0.1) is 5.82 Å². The molecule has 15 heavy (non-hydrogen) atoms. The van der Waals surface area contributed by atoms with Crippen LogP contribution in [-0.2, 0) is 6.42 Å². The van der Waals surface area contributed by atoms with Crippen LogP contribution in [0.5, 0.6) is 0 Å². The molecule has 78 valence electrons. The number of nitrogens with zero attached hydrogens (tertiary/aromatic N) is 1. The van der Waals surface area contributed by atoms with Crippen molar-refractivity contribution in [1.82, 2.24) is 9.97 Å². The number of halogens is 1. The van der Waals surface area contributed by atoms with Gasteiger partial charge in [-0.3, -0.25) is 0 Å². The van der Waals surface area contributed by atoms with Crippen molar-refractivity contribution in [2.75, 3.05) is 6.54 Å². The molecule has 2 rings (SSSR count). The van der Waals surface area contributed by atoms with E-state index in [1.54, 1.807) is 18.5 Å². The van der Waals surface area contributed by atoms with Gasteiger partial charge in [-0.15, -0.1) is 0 Å². The summed E-state index contributed by atoms with van der Waals surface area (Å²) in [6.45, 7) is 0.566. The van der Waals surface area contributed by atoms with Crippen LogP contribution in [0.2, 0.25) is 0 Å². The number of rotatable bonds is 3. The first-order valence-electron chi connectivity index (χ1n) is 4.79. The van der Waals surface area contributed by atoms with Crippen LogP contribution in [0.25, 0.3) is 11.3 Å². The molecule has 0 aliphatic carbocycles. The van der Waals surface area contributed by atoms with E-state index in [1.165, 1.54) is 12.1 Å². The van der Waals surface area contributed by atoms with Crippen LogP contribution in [0.15, 0.2) is 30.6 Å². The van der Waals surface area contributed by atoms with Crippen molar-refractivity contribution in [3.05, 3.63) is 42.1 Å². The maximum Gasteiger partial charge on any atom is 0.123 e. The molecule has 2 aromatic rings. The first-order valence-corrected chi connectivity index (χ1v) is 4.79. The fraction of sp³-hybridized carbons (Fsp3) is 0.182. The van der Waals surface area contributed by atoms with Gasteiger partial charge in [0.25, 0.3) is 0 Å². The van der Waals surface area contributed by atoms with E-state index in [0.29, 0.717) is 6.54 Å². The molecule has 0 spiro atoms. The lowest BCUT2D eigenvalue weighted by Gasteiger charge is -2.01. The van der Waals surface area contributed by atoms with Crippen LogP contribution in [0.3, 0.4) is 0 Å². The van der Waals surface area contributed by atoms with E-state index < -0.39 is 0 Å². The number of hydrogen-bond donors (Lipinski definition) is 2. The van der Waals surface area contributed by atoms with Crippen molar-refractivity contribution in [3.63, 3.8) is 0 Å². The highest BCUT2D eigenvalue weighted by molar-refractivity contribution is 5.61. The van der Waals surface area contributed by atoms with Gasteiger partial charge in [-0.05, 0) is 30.8 Å². The Kier molecular flexibility index (Phi) is 2.78. The number of aromatic nitrogens is 2. The monoisotopic (exact) mass is 205 g/mol. The van der Waals surface area contributed by atoms with Gasteiger partial charge in [-0.25, -0.2) is 9.37 Å². The topological polar surface area (TPSA) is 54.7 Å². The summed E-state index contributed by atoms with van der Waals surface area (Å²) in [6.07, 6.45) is 2.37. The number of H-pyrrole nitrogens is 1. The van der Waals surface area contributed by atoms with Gasteiger partial charge in [-0.1, -0.05) is 0 Å². The molecule has 0 unspecified atom stereocenters. The van der Waals surface area contributed by atoms with E-state index in [1.807, 2.05) is 0 Å². The SMILES string of the molecule is NCCc1[nH]cnc1-c1ccc(F)cc1. The van der Waals surface area contributed by atoms with E-state index in [0.717, 1.165) is 23.4 Å². The summed E-state index contributed by atoms with van der Waals surface area (Å²) < 4.78 is 12.7. The van der Waals surface area contributed by atoms with Crippen molar-refractivity contribution in [3.8, 4) is 11.3 Å². The van der Waals surface area contributed by atoms with Gasteiger partial charge in [0.05, 0.1) is 12.0 Å². The summed E-state index contributed by atoms with van der Waals surface area (Å²) in [5.41, 5.74) is 8.22. The average Bonchev–Trinajstić information content (AvgIpc) is 2.68. The fourth-order valence-electron chi connectivity index (χ4n) is 1.51. The van der Waals surface area contributed by atoms with Gasteiger partial charge >= 0.3 is 0 Å². The summed E-state index contributed by atoms with van der Waals surface area (Å²) in [6, 6.07) is 6.28. The Labute approximate surface area is 87.2 Å². The fourth-order valence-corrected chi connectivity index (χ4v) is 1.51. The van der Waals surface area contributed by atoms with Gasteiger partial charge in [0, 0.05) is 17.7 Å². The Bertz CT molecular complexity index is 433. The number of nitrogens with one attached hydrogen (secondary N) is 1. The molecule has 0 aliphatic heterocycles. The summed E-state index contributed by atoms with van der Waals surface area (Å²) >= 11 is 0. The lowest BCUT2D eigenvalue weighted by atomic mass is 10.1. The molecule has 3 N–H and O–H groups in total. The quantitative estimate of drug-likeness (QED) is 0.801. The van der Waals surface area contributed by atoms with Crippen molar-refractivity contribution in [1.29, 1.82) is 0 Å². The third-order valence-corrected chi connectivity index (χ3v) is 2.23. The van der Waals surface area contributed by atoms with Crippen LogP contribution in [-0.4, -0.2) is 16.5 Å². The Balaban J connectivity index is 2.36. The second kappa shape index (κ2) is 4.23. The maximum atomic E-state index is 12.7. The van der Waals surface area contributed by atoms with Crippen LogP contribution in [0.4, 0.5) is 4.39 Å². The van der Waals surface area contributed by atoms with E-state index in [4.69, 9.17) is 5.73 Å². The van der Waals surface area contributed by atoms with Gasteiger partial charge < -0.3 is 10.7 Å². The number of imidazole rings is 1. The Hall–Kier alpha value is -1.68. The smallest absolute Gasteiger partial charge is 0.123 e. The molecule has 1 heterocycles. The zero-order chi connectivity index (χ0) is 10.7. The van der Waals surface area contributed by atoms with Crippen LogP contribution >= 0.6 is 0 Å². The van der Waals surface area contributed by atoms with Crippen LogP contribution < -0.4 is 5.73 Å². The molecule has 4 heteroatoms. The van der Waals surface area contributed by atoms with Gasteiger partial charge in [-0.2, -0.15) is 0 Å². The lowest BCUT2D eigenvalue weighted by molar-refractivity contribution is 0.628. The van der Waals surface area contributed by atoms with Crippen molar-refractivity contribution in [2.24, 2.45) is 5.73 Å². The molecule has 0 saturated carbocycles. The van der Waals surface area contributed by atoms with Gasteiger partial charge in [0.2, 0.25) is 0 Å². The Morgan fingerprint density at radius 2 is 2.00 bits per heavy atom. The van der Waals surface area contributed by atoms with Crippen molar-refractivity contribution in [2.45, 2.75) is 6.42 Å². The number of aromatic amines is 1. The molecule has 3 nitrogen and oxygen atoms in total. The largest absolute Gasteiger partial charge is 0.348 e. The molecular formula is C11H12FN3. The van der Waals surface area contributed by atoms with E-state index >= 15 is 0 Å². The van der Waals surface area contributed by atoms with Gasteiger partial charge in [0.1, 0.15) is 5.82 Å². The highest BCUT2D eigenvalue weighted by Crippen LogP contribution is 2.20. The van der Waals surface area contributed by atoms with Crippen LogP contribution in [0.1, 0.15) is 5.69 Å². The molecule has 0 aliphatic rings. The molecule has 1 aromatic heterocycles. The highest BCUT2D eigenvalue weighted by atomic mass is 19.1. The maximum absolute atomic E-state index is 12.7. The number of hydrogen-bond acceptors (Lipinski definition) is 2. The summed E-state index contributed by atoms with van der Waals surface area (Å²) in [5, 5.41) is 0. The molecular weight excluding hydrogens is 193 g/mol. The minimum Gasteiger partial charge on any atom is -0.348 e. The third-order valence-electron chi connectivity index (χ3n) is 2.23. The molecule has 0 amide bonds. The standard InChI is InChI=1S/C11H12FN3/c12-9-3-1-8(2-4-9)11-10(5-6-13)14-7-15-11/h1-4,7H,5-6,13H2,(H,14,15). The Morgan fingerprint density at radius 3 is 2.67 bits per heavy atom. The number of nitrogens with two attached hydrogens (primary N) is 1. The highest BCUT2D eigenvalue weighted by Gasteiger charge is 2.06. The Morgan fingerprint density at radius 1 is 1.27 bits per heavy atom. The van der Waals surface area contributed by atoms with Crippen molar-refractivity contribution >= 4 is 0 Å². The molecule has 0 atom stereocenters. The predicted molar refractivity (Wildman–Crippen MR) is 56.7 cm³/mol. The zero-order valence-electron chi connectivity index (χ0n) is 8.20. The molecule has 0 fully saturated rings. The van der Waals surface area contributed by atoms with E-state index in [-0.39, 0.29) is 5.82 Å². The normalized spacial score (nSPS) is 10.5. The molecule has 1 aromatic carbocycles. The summed E-state index contributed by atoms with van der Waals surface area (Å²) in [5.74, 6) is -0.241. The minimum absolute atomic E-state index is 0.241. The third kappa shape index (κ3) is 2.05. The lowest BCUT2D eigenvalue weighted by Crippen LogP contribution is -2.04. The molecule has 0 bridgehead atoms.